The normalized spacial score (nSPS) is 10.8. The maximum absolute atomic E-state index is 5.85. The number of rotatable bonds is 6. The van der Waals surface area contributed by atoms with E-state index in [2.05, 4.69) is 59.4 Å². The highest BCUT2D eigenvalue weighted by Crippen LogP contribution is 2.18. The second-order valence-electron chi connectivity index (χ2n) is 5.05. The van der Waals surface area contributed by atoms with E-state index in [0.717, 1.165) is 16.8 Å². The fourth-order valence-electron chi connectivity index (χ4n) is 1.88. The summed E-state index contributed by atoms with van der Waals surface area (Å²) in [6.45, 7) is 5.77. The van der Waals surface area contributed by atoms with Crippen LogP contribution in [0.4, 0.5) is 0 Å². The SMILES string of the molecule is CC(C)NCc1ccccc1COc1ccc(Br)cc1. The van der Waals surface area contributed by atoms with Crippen molar-refractivity contribution in [1.29, 1.82) is 0 Å². The van der Waals surface area contributed by atoms with E-state index in [1.165, 1.54) is 11.1 Å². The molecule has 2 aromatic rings. The molecule has 0 radical (unpaired) electrons. The van der Waals surface area contributed by atoms with Crippen LogP contribution in [-0.4, -0.2) is 6.04 Å². The van der Waals surface area contributed by atoms with Gasteiger partial charge in [-0.25, -0.2) is 0 Å². The summed E-state index contributed by atoms with van der Waals surface area (Å²) >= 11 is 3.42. The van der Waals surface area contributed by atoms with Gasteiger partial charge in [0.15, 0.2) is 0 Å². The van der Waals surface area contributed by atoms with Gasteiger partial charge in [-0.1, -0.05) is 54.0 Å². The fourth-order valence-corrected chi connectivity index (χ4v) is 2.14. The predicted octanol–water partition coefficient (Wildman–Crippen LogP) is 4.53. The minimum atomic E-state index is 0.482. The summed E-state index contributed by atoms with van der Waals surface area (Å²) < 4.78 is 6.91. The molecule has 106 valence electrons. The smallest absolute Gasteiger partial charge is 0.119 e. The predicted molar refractivity (Wildman–Crippen MR) is 86.9 cm³/mol. The molecule has 0 saturated heterocycles. The van der Waals surface area contributed by atoms with Crippen molar-refractivity contribution in [2.75, 3.05) is 0 Å². The molecular weight excluding hydrogens is 314 g/mol. The van der Waals surface area contributed by atoms with E-state index in [4.69, 9.17) is 4.74 Å². The van der Waals surface area contributed by atoms with E-state index >= 15 is 0 Å². The van der Waals surface area contributed by atoms with E-state index in [1.54, 1.807) is 0 Å². The Kier molecular flexibility index (Phi) is 5.62. The molecule has 0 aliphatic rings. The van der Waals surface area contributed by atoms with Crippen LogP contribution in [-0.2, 0) is 13.2 Å². The van der Waals surface area contributed by atoms with E-state index in [-0.39, 0.29) is 0 Å². The lowest BCUT2D eigenvalue weighted by Crippen LogP contribution is -2.22. The summed E-state index contributed by atoms with van der Waals surface area (Å²) in [5, 5.41) is 3.45. The molecule has 2 aromatic carbocycles. The van der Waals surface area contributed by atoms with Gasteiger partial charge in [0.25, 0.3) is 0 Å². The molecule has 20 heavy (non-hydrogen) atoms. The molecule has 0 aliphatic carbocycles. The van der Waals surface area contributed by atoms with Crippen LogP contribution in [0, 0.1) is 0 Å². The van der Waals surface area contributed by atoms with Crippen LogP contribution in [0.5, 0.6) is 5.75 Å². The van der Waals surface area contributed by atoms with Crippen LogP contribution in [0.3, 0.4) is 0 Å². The summed E-state index contributed by atoms with van der Waals surface area (Å²) in [7, 11) is 0. The Bertz CT molecular complexity index is 537. The first-order chi connectivity index (χ1) is 9.65. The lowest BCUT2D eigenvalue weighted by atomic mass is 10.1. The van der Waals surface area contributed by atoms with Crippen molar-refractivity contribution in [1.82, 2.24) is 5.32 Å². The molecule has 0 saturated carbocycles. The Labute approximate surface area is 129 Å². The summed E-state index contributed by atoms with van der Waals surface area (Å²) in [6.07, 6.45) is 0. The molecule has 0 spiro atoms. The van der Waals surface area contributed by atoms with Crippen molar-refractivity contribution in [3.05, 3.63) is 64.1 Å². The Morgan fingerprint density at radius 1 is 1.00 bits per heavy atom. The van der Waals surface area contributed by atoms with Crippen molar-refractivity contribution in [2.45, 2.75) is 33.0 Å². The van der Waals surface area contributed by atoms with Gasteiger partial charge in [-0.15, -0.1) is 0 Å². The van der Waals surface area contributed by atoms with E-state index < -0.39 is 0 Å². The zero-order chi connectivity index (χ0) is 14.4. The Balaban J connectivity index is 1.99. The molecule has 0 aliphatic heterocycles. The summed E-state index contributed by atoms with van der Waals surface area (Å²) in [6, 6.07) is 16.8. The molecule has 0 bridgehead atoms. The van der Waals surface area contributed by atoms with Crippen LogP contribution in [0.25, 0.3) is 0 Å². The highest BCUT2D eigenvalue weighted by molar-refractivity contribution is 9.10. The second-order valence-corrected chi connectivity index (χ2v) is 5.96. The molecule has 0 fully saturated rings. The van der Waals surface area contributed by atoms with Gasteiger partial charge in [-0.2, -0.15) is 0 Å². The second kappa shape index (κ2) is 7.46. The van der Waals surface area contributed by atoms with Crippen LogP contribution in [0.1, 0.15) is 25.0 Å². The third kappa shape index (κ3) is 4.66. The van der Waals surface area contributed by atoms with Crippen molar-refractivity contribution in [3.63, 3.8) is 0 Å². The van der Waals surface area contributed by atoms with Gasteiger partial charge in [-0.3, -0.25) is 0 Å². The lowest BCUT2D eigenvalue weighted by molar-refractivity contribution is 0.304. The standard InChI is InChI=1S/C17H20BrNO/c1-13(2)19-11-14-5-3-4-6-15(14)12-20-17-9-7-16(18)8-10-17/h3-10,13,19H,11-12H2,1-2H3. The molecule has 0 heterocycles. The van der Waals surface area contributed by atoms with Gasteiger partial charge in [0, 0.05) is 17.1 Å². The number of ether oxygens (including phenoxy) is 1. The highest BCUT2D eigenvalue weighted by atomic mass is 79.9. The fraction of sp³-hybridized carbons (Fsp3) is 0.294. The largest absolute Gasteiger partial charge is 0.489 e. The average Bonchev–Trinajstić information content (AvgIpc) is 2.45. The zero-order valence-electron chi connectivity index (χ0n) is 11.9. The molecule has 3 heteroatoms. The van der Waals surface area contributed by atoms with Crippen molar-refractivity contribution in [3.8, 4) is 5.75 Å². The number of hydrogen-bond donors (Lipinski definition) is 1. The maximum Gasteiger partial charge on any atom is 0.119 e. The molecule has 0 aromatic heterocycles. The molecular formula is C17H20BrNO. The molecule has 0 unspecified atom stereocenters. The molecule has 0 amide bonds. The average molecular weight is 334 g/mol. The Morgan fingerprint density at radius 2 is 1.65 bits per heavy atom. The molecule has 2 rings (SSSR count). The van der Waals surface area contributed by atoms with Crippen LogP contribution >= 0.6 is 15.9 Å². The number of hydrogen-bond acceptors (Lipinski definition) is 2. The number of nitrogens with one attached hydrogen (secondary N) is 1. The number of halogens is 1. The first-order valence-corrected chi connectivity index (χ1v) is 7.63. The Hall–Kier alpha value is -1.32. The van der Waals surface area contributed by atoms with Gasteiger partial charge in [0.1, 0.15) is 12.4 Å². The summed E-state index contributed by atoms with van der Waals surface area (Å²) in [5.41, 5.74) is 2.52. The first-order valence-electron chi connectivity index (χ1n) is 6.83. The zero-order valence-corrected chi connectivity index (χ0v) is 13.5. The van der Waals surface area contributed by atoms with Gasteiger partial charge in [-0.05, 0) is 35.4 Å². The molecule has 2 nitrogen and oxygen atoms in total. The summed E-state index contributed by atoms with van der Waals surface area (Å²) in [4.78, 5) is 0. The monoisotopic (exact) mass is 333 g/mol. The topological polar surface area (TPSA) is 21.3 Å². The molecule has 0 atom stereocenters. The van der Waals surface area contributed by atoms with Crippen LogP contribution in [0.2, 0.25) is 0 Å². The number of benzene rings is 2. The van der Waals surface area contributed by atoms with Crippen molar-refractivity contribution in [2.24, 2.45) is 0 Å². The Morgan fingerprint density at radius 3 is 2.30 bits per heavy atom. The van der Waals surface area contributed by atoms with Gasteiger partial charge >= 0.3 is 0 Å². The lowest BCUT2D eigenvalue weighted by Gasteiger charge is -2.13. The van der Waals surface area contributed by atoms with Gasteiger partial charge in [0.2, 0.25) is 0 Å². The minimum Gasteiger partial charge on any atom is -0.489 e. The van der Waals surface area contributed by atoms with E-state index in [1.807, 2.05) is 24.3 Å². The van der Waals surface area contributed by atoms with Gasteiger partial charge in [0.05, 0.1) is 0 Å². The maximum atomic E-state index is 5.85. The van der Waals surface area contributed by atoms with E-state index in [9.17, 15) is 0 Å². The van der Waals surface area contributed by atoms with Crippen LogP contribution < -0.4 is 10.1 Å². The summed E-state index contributed by atoms with van der Waals surface area (Å²) in [5.74, 6) is 0.889. The van der Waals surface area contributed by atoms with Crippen molar-refractivity contribution >= 4 is 15.9 Å². The molecule has 1 N–H and O–H groups in total. The van der Waals surface area contributed by atoms with Crippen molar-refractivity contribution < 1.29 is 4.74 Å². The quantitative estimate of drug-likeness (QED) is 0.838. The highest BCUT2D eigenvalue weighted by Gasteiger charge is 2.03. The van der Waals surface area contributed by atoms with Crippen LogP contribution in [0.15, 0.2) is 53.0 Å². The van der Waals surface area contributed by atoms with E-state index in [0.29, 0.717) is 12.6 Å². The third-order valence-electron chi connectivity index (χ3n) is 3.03. The third-order valence-corrected chi connectivity index (χ3v) is 3.56. The van der Waals surface area contributed by atoms with Gasteiger partial charge < -0.3 is 10.1 Å². The first kappa shape index (κ1) is 15.1. The minimum absolute atomic E-state index is 0.482.